The summed E-state index contributed by atoms with van der Waals surface area (Å²) >= 11 is 0. The number of carbonyl (C=O) groups is 1. The van der Waals surface area contributed by atoms with E-state index in [1.54, 1.807) is 0 Å². The minimum atomic E-state index is 0.0688. The standard InChI is InChI=1S/C15H13NO/c1-3-9-6-5-7-11-12(9)8-13-10(4-2)15(17)16-14(11)13/h1,4-7,13-14H,8H2,2H3,(H,16,17)/b10-4-. The maximum atomic E-state index is 11.8. The van der Waals surface area contributed by atoms with Crippen LogP contribution in [-0.2, 0) is 11.2 Å². The molecule has 84 valence electrons. The van der Waals surface area contributed by atoms with Crippen LogP contribution in [0.25, 0.3) is 0 Å². The molecule has 0 spiro atoms. The SMILES string of the molecule is C#Cc1cccc2c1CC1/C(=C/C)C(=O)NC21. The Bertz CT molecular complexity index is 577. The number of hydrogen-bond donors (Lipinski definition) is 1. The van der Waals surface area contributed by atoms with E-state index >= 15 is 0 Å². The summed E-state index contributed by atoms with van der Waals surface area (Å²) in [7, 11) is 0. The van der Waals surface area contributed by atoms with Crippen molar-refractivity contribution in [2.24, 2.45) is 5.92 Å². The van der Waals surface area contributed by atoms with E-state index in [0.717, 1.165) is 17.6 Å². The van der Waals surface area contributed by atoms with E-state index in [1.165, 1.54) is 11.1 Å². The molecule has 1 aliphatic heterocycles. The molecule has 1 aliphatic carbocycles. The quantitative estimate of drug-likeness (QED) is 0.528. The summed E-state index contributed by atoms with van der Waals surface area (Å²) in [5.41, 5.74) is 4.27. The average molecular weight is 223 g/mol. The van der Waals surface area contributed by atoms with E-state index in [-0.39, 0.29) is 17.9 Å². The van der Waals surface area contributed by atoms with Crippen LogP contribution in [0.2, 0.25) is 0 Å². The minimum Gasteiger partial charge on any atom is -0.345 e. The minimum absolute atomic E-state index is 0.0688. The van der Waals surface area contributed by atoms with Gasteiger partial charge in [-0.05, 0) is 30.5 Å². The Morgan fingerprint density at radius 1 is 1.53 bits per heavy atom. The van der Waals surface area contributed by atoms with Gasteiger partial charge in [-0.15, -0.1) is 6.42 Å². The zero-order chi connectivity index (χ0) is 12.0. The monoisotopic (exact) mass is 223 g/mol. The van der Waals surface area contributed by atoms with Crippen molar-refractivity contribution in [1.82, 2.24) is 5.32 Å². The fourth-order valence-electron chi connectivity index (χ4n) is 3.02. The van der Waals surface area contributed by atoms with Gasteiger partial charge in [-0.2, -0.15) is 0 Å². The highest BCUT2D eigenvalue weighted by Gasteiger charge is 2.43. The summed E-state index contributed by atoms with van der Waals surface area (Å²) in [4.78, 5) is 11.8. The van der Waals surface area contributed by atoms with Crippen LogP contribution in [0.1, 0.15) is 29.7 Å². The summed E-state index contributed by atoms with van der Waals surface area (Å²) in [5, 5.41) is 3.05. The fraction of sp³-hybridized carbons (Fsp3) is 0.267. The zero-order valence-electron chi connectivity index (χ0n) is 9.66. The van der Waals surface area contributed by atoms with Gasteiger partial charge in [0.05, 0.1) is 6.04 Å². The number of rotatable bonds is 0. The van der Waals surface area contributed by atoms with Crippen molar-refractivity contribution >= 4 is 5.91 Å². The van der Waals surface area contributed by atoms with Crippen molar-refractivity contribution in [3.63, 3.8) is 0 Å². The summed E-state index contributed by atoms with van der Waals surface area (Å²) in [5.74, 6) is 3.06. The second-order valence-electron chi connectivity index (χ2n) is 4.52. The van der Waals surface area contributed by atoms with E-state index in [9.17, 15) is 4.79 Å². The molecular formula is C15H13NO. The summed E-state index contributed by atoms with van der Waals surface area (Å²) < 4.78 is 0. The van der Waals surface area contributed by atoms with E-state index < -0.39 is 0 Å². The predicted molar refractivity (Wildman–Crippen MR) is 66.2 cm³/mol. The molecule has 1 heterocycles. The topological polar surface area (TPSA) is 29.1 Å². The molecule has 2 nitrogen and oxygen atoms in total. The first kappa shape index (κ1) is 10.2. The number of fused-ring (bicyclic) bond motifs is 3. The number of terminal acetylenes is 1. The average Bonchev–Trinajstić information content (AvgIpc) is 2.83. The van der Waals surface area contributed by atoms with Crippen LogP contribution in [0.5, 0.6) is 0 Å². The van der Waals surface area contributed by atoms with Crippen molar-refractivity contribution < 1.29 is 4.79 Å². The van der Waals surface area contributed by atoms with Crippen molar-refractivity contribution in [3.8, 4) is 12.3 Å². The van der Waals surface area contributed by atoms with Crippen LogP contribution in [0.4, 0.5) is 0 Å². The van der Waals surface area contributed by atoms with E-state index in [4.69, 9.17) is 6.42 Å². The fourth-order valence-corrected chi connectivity index (χ4v) is 3.02. The second kappa shape index (κ2) is 3.49. The van der Waals surface area contributed by atoms with Crippen molar-refractivity contribution in [2.45, 2.75) is 19.4 Å². The Labute approximate surface area is 101 Å². The molecule has 0 saturated carbocycles. The van der Waals surface area contributed by atoms with E-state index in [2.05, 4.69) is 17.3 Å². The molecule has 1 saturated heterocycles. The Balaban J connectivity index is 2.13. The van der Waals surface area contributed by atoms with Crippen molar-refractivity contribution in [3.05, 3.63) is 46.5 Å². The van der Waals surface area contributed by atoms with Crippen LogP contribution in [0.3, 0.4) is 0 Å². The Morgan fingerprint density at radius 3 is 3.06 bits per heavy atom. The highest BCUT2D eigenvalue weighted by molar-refractivity contribution is 5.97. The third kappa shape index (κ3) is 1.26. The molecule has 1 N–H and O–H groups in total. The normalized spacial score (nSPS) is 27.5. The largest absolute Gasteiger partial charge is 0.345 e. The first-order valence-electron chi connectivity index (χ1n) is 5.81. The molecule has 0 bridgehead atoms. The highest BCUT2D eigenvalue weighted by Crippen LogP contribution is 2.44. The van der Waals surface area contributed by atoms with Gasteiger partial charge < -0.3 is 5.32 Å². The van der Waals surface area contributed by atoms with Crippen molar-refractivity contribution in [2.75, 3.05) is 0 Å². The molecule has 0 radical (unpaired) electrons. The van der Waals surface area contributed by atoms with Crippen LogP contribution >= 0.6 is 0 Å². The van der Waals surface area contributed by atoms with E-state index in [0.29, 0.717) is 0 Å². The number of allylic oxidation sites excluding steroid dienone is 1. The summed E-state index contributed by atoms with van der Waals surface area (Å²) in [6.45, 7) is 1.92. The third-order valence-corrected chi connectivity index (χ3v) is 3.79. The third-order valence-electron chi connectivity index (χ3n) is 3.79. The number of carbonyl (C=O) groups excluding carboxylic acids is 1. The lowest BCUT2D eigenvalue weighted by Crippen LogP contribution is -2.19. The lowest BCUT2D eigenvalue weighted by atomic mass is 9.96. The predicted octanol–water partition coefficient (Wildman–Crippen LogP) is 1.96. The Morgan fingerprint density at radius 2 is 2.35 bits per heavy atom. The number of hydrogen-bond acceptors (Lipinski definition) is 1. The van der Waals surface area contributed by atoms with Gasteiger partial charge in [-0.3, -0.25) is 4.79 Å². The lowest BCUT2D eigenvalue weighted by molar-refractivity contribution is -0.116. The number of benzene rings is 1. The van der Waals surface area contributed by atoms with Gasteiger partial charge >= 0.3 is 0 Å². The molecular weight excluding hydrogens is 210 g/mol. The number of amides is 1. The first-order chi connectivity index (χ1) is 8.26. The van der Waals surface area contributed by atoms with Gasteiger partial charge in [0.1, 0.15) is 0 Å². The second-order valence-corrected chi connectivity index (χ2v) is 4.52. The molecule has 2 heteroatoms. The molecule has 1 aromatic carbocycles. The number of nitrogens with one attached hydrogen (secondary N) is 1. The first-order valence-corrected chi connectivity index (χ1v) is 5.81. The summed E-state index contributed by atoms with van der Waals surface area (Å²) in [6.07, 6.45) is 8.31. The van der Waals surface area contributed by atoms with Gasteiger partial charge in [0.2, 0.25) is 5.91 Å². The van der Waals surface area contributed by atoms with E-state index in [1.807, 2.05) is 25.1 Å². The van der Waals surface area contributed by atoms with Crippen LogP contribution in [0, 0.1) is 18.3 Å². The van der Waals surface area contributed by atoms with Gasteiger partial charge in [0.15, 0.2) is 0 Å². The molecule has 2 atom stereocenters. The van der Waals surface area contributed by atoms with Gasteiger partial charge in [-0.25, -0.2) is 0 Å². The summed E-state index contributed by atoms with van der Waals surface area (Å²) in [6, 6.07) is 6.13. The molecule has 1 amide bonds. The van der Waals surface area contributed by atoms with Crippen LogP contribution in [0.15, 0.2) is 29.8 Å². The molecule has 0 aromatic heterocycles. The van der Waals surface area contributed by atoms with Gasteiger partial charge in [0, 0.05) is 17.1 Å². The zero-order valence-corrected chi connectivity index (χ0v) is 9.66. The lowest BCUT2D eigenvalue weighted by Gasteiger charge is -2.09. The molecule has 17 heavy (non-hydrogen) atoms. The molecule has 2 unspecified atom stereocenters. The Hall–Kier alpha value is -2.01. The molecule has 1 fully saturated rings. The van der Waals surface area contributed by atoms with Crippen LogP contribution in [-0.4, -0.2) is 5.91 Å². The maximum Gasteiger partial charge on any atom is 0.247 e. The maximum absolute atomic E-state index is 11.8. The molecule has 1 aromatic rings. The smallest absolute Gasteiger partial charge is 0.247 e. The van der Waals surface area contributed by atoms with Gasteiger partial charge in [-0.1, -0.05) is 24.1 Å². The van der Waals surface area contributed by atoms with Crippen molar-refractivity contribution in [1.29, 1.82) is 0 Å². The highest BCUT2D eigenvalue weighted by atomic mass is 16.2. The molecule has 2 aliphatic rings. The molecule has 3 rings (SSSR count). The van der Waals surface area contributed by atoms with Gasteiger partial charge in [0.25, 0.3) is 0 Å². The van der Waals surface area contributed by atoms with Crippen LogP contribution < -0.4 is 5.32 Å². The Kier molecular flexibility index (Phi) is 2.09.